The molecule has 0 radical (unpaired) electrons. The van der Waals surface area contributed by atoms with Gasteiger partial charge in [-0.15, -0.1) is 0 Å². The lowest BCUT2D eigenvalue weighted by Gasteiger charge is -2.16. The van der Waals surface area contributed by atoms with Crippen LogP contribution in [0.5, 0.6) is 0 Å². The number of hydrogen-bond acceptors (Lipinski definition) is 5. The molecular weight excluding hydrogens is 294 g/mol. The summed E-state index contributed by atoms with van der Waals surface area (Å²) in [7, 11) is -2.23. The van der Waals surface area contributed by atoms with E-state index in [0.717, 1.165) is 12.5 Å². The first-order chi connectivity index (χ1) is 9.84. The highest BCUT2D eigenvalue weighted by Gasteiger charge is 2.24. The largest absolute Gasteiger partial charge is 0.380 e. The maximum Gasteiger partial charge on any atom is 0.293 e. The van der Waals surface area contributed by atoms with Gasteiger partial charge in [-0.05, 0) is 25.0 Å². The molecule has 0 aromatic heterocycles. The van der Waals surface area contributed by atoms with Crippen LogP contribution in [-0.2, 0) is 10.0 Å². The first-order valence-corrected chi connectivity index (χ1v) is 8.27. The fraction of sp³-hybridized carbons (Fsp3) is 0.538. The summed E-state index contributed by atoms with van der Waals surface area (Å²) in [4.78, 5) is 10.5. The lowest BCUT2D eigenvalue weighted by Crippen LogP contribution is -2.27. The van der Waals surface area contributed by atoms with E-state index < -0.39 is 14.9 Å². The molecule has 21 heavy (non-hydrogen) atoms. The van der Waals surface area contributed by atoms with Crippen molar-refractivity contribution in [1.29, 1.82) is 0 Å². The minimum atomic E-state index is -3.69. The zero-order valence-corrected chi connectivity index (χ0v) is 13.3. The molecule has 1 aromatic carbocycles. The Balaban J connectivity index is 3.22. The number of benzene rings is 1. The van der Waals surface area contributed by atoms with Gasteiger partial charge in [-0.25, -0.2) is 12.7 Å². The molecule has 0 saturated carbocycles. The third kappa shape index (κ3) is 4.15. The minimum Gasteiger partial charge on any atom is -0.380 e. The molecule has 0 spiro atoms. The van der Waals surface area contributed by atoms with Crippen LogP contribution < -0.4 is 5.32 Å². The molecule has 118 valence electrons. The first kappa shape index (κ1) is 17.4. The Kier molecular flexibility index (Phi) is 6.10. The van der Waals surface area contributed by atoms with Crippen molar-refractivity contribution in [2.45, 2.75) is 31.6 Å². The van der Waals surface area contributed by atoms with Crippen LogP contribution in [0.4, 0.5) is 11.4 Å². The smallest absolute Gasteiger partial charge is 0.293 e. The summed E-state index contributed by atoms with van der Waals surface area (Å²) in [5, 5.41) is 14.0. The zero-order chi connectivity index (χ0) is 16.0. The molecule has 0 atom stereocenters. The van der Waals surface area contributed by atoms with E-state index in [1.165, 1.54) is 23.5 Å². The predicted octanol–water partition coefficient (Wildman–Crippen LogP) is 2.45. The number of rotatable bonds is 8. The maximum atomic E-state index is 12.3. The predicted molar refractivity (Wildman–Crippen MR) is 82.0 cm³/mol. The third-order valence-corrected chi connectivity index (χ3v) is 4.83. The van der Waals surface area contributed by atoms with Gasteiger partial charge >= 0.3 is 0 Å². The minimum absolute atomic E-state index is 0.0628. The fourth-order valence-corrected chi connectivity index (χ4v) is 3.13. The molecule has 0 aliphatic carbocycles. The molecule has 0 aliphatic heterocycles. The zero-order valence-electron chi connectivity index (χ0n) is 12.5. The van der Waals surface area contributed by atoms with Crippen LogP contribution in [0.2, 0.25) is 0 Å². The second kappa shape index (κ2) is 7.37. The van der Waals surface area contributed by atoms with Crippen LogP contribution in [0.25, 0.3) is 0 Å². The summed E-state index contributed by atoms with van der Waals surface area (Å²) in [6.45, 7) is 4.76. The van der Waals surface area contributed by atoms with Crippen molar-refractivity contribution in [1.82, 2.24) is 4.31 Å². The quantitative estimate of drug-likeness (QED) is 0.587. The van der Waals surface area contributed by atoms with E-state index in [9.17, 15) is 18.5 Å². The number of sulfonamides is 1. The molecule has 0 bridgehead atoms. The van der Waals surface area contributed by atoms with Crippen molar-refractivity contribution in [3.8, 4) is 0 Å². The Morgan fingerprint density at radius 2 is 1.95 bits per heavy atom. The van der Waals surface area contributed by atoms with Crippen LogP contribution in [-0.4, -0.2) is 37.8 Å². The van der Waals surface area contributed by atoms with Crippen molar-refractivity contribution in [3.63, 3.8) is 0 Å². The molecule has 0 unspecified atom stereocenters. The standard InChI is InChI=1S/C13H21N3O4S/c1-4-8-14-12-7-6-11(10-13(12)16(17)18)21(19,20)15(3)9-5-2/h6-7,10,14H,4-5,8-9H2,1-3H3. The summed E-state index contributed by atoms with van der Waals surface area (Å²) < 4.78 is 25.8. The van der Waals surface area contributed by atoms with Gasteiger partial charge in [0.1, 0.15) is 5.69 Å². The Bertz CT molecular complexity index is 601. The number of anilines is 1. The van der Waals surface area contributed by atoms with E-state index in [2.05, 4.69) is 5.32 Å². The van der Waals surface area contributed by atoms with Crippen molar-refractivity contribution in [3.05, 3.63) is 28.3 Å². The van der Waals surface area contributed by atoms with Gasteiger partial charge < -0.3 is 5.32 Å². The van der Waals surface area contributed by atoms with Gasteiger partial charge in [-0.2, -0.15) is 0 Å². The van der Waals surface area contributed by atoms with Gasteiger partial charge in [-0.1, -0.05) is 13.8 Å². The molecule has 1 aromatic rings. The van der Waals surface area contributed by atoms with E-state index >= 15 is 0 Å². The second-order valence-electron chi connectivity index (χ2n) is 4.69. The SMILES string of the molecule is CCCNc1ccc(S(=O)(=O)N(C)CCC)cc1[N+](=O)[O-]. The maximum absolute atomic E-state index is 12.3. The fourth-order valence-electron chi connectivity index (χ4n) is 1.85. The van der Waals surface area contributed by atoms with Crippen LogP contribution in [0, 0.1) is 10.1 Å². The molecule has 0 heterocycles. The number of nitrogens with zero attached hydrogens (tertiary/aromatic N) is 2. The number of nitro benzene ring substituents is 1. The number of hydrogen-bond donors (Lipinski definition) is 1. The molecule has 0 fully saturated rings. The Hall–Kier alpha value is -1.67. The second-order valence-corrected chi connectivity index (χ2v) is 6.73. The topological polar surface area (TPSA) is 92.6 Å². The van der Waals surface area contributed by atoms with Crippen LogP contribution >= 0.6 is 0 Å². The lowest BCUT2D eigenvalue weighted by atomic mass is 10.2. The molecule has 0 aliphatic rings. The first-order valence-electron chi connectivity index (χ1n) is 6.83. The highest BCUT2D eigenvalue weighted by molar-refractivity contribution is 7.89. The Morgan fingerprint density at radius 1 is 1.29 bits per heavy atom. The monoisotopic (exact) mass is 315 g/mol. The summed E-state index contributed by atoms with van der Waals surface area (Å²) in [6.07, 6.45) is 1.49. The highest BCUT2D eigenvalue weighted by atomic mass is 32.2. The van der Waals surface area contributed by atoms with E-state index in [4.69, 9.17) is 0 Å². The van der Waals surface area contributed by atoms with Crippen LogP contribution in [0.1, 0.15) is 26.7 Å². The molecular formula is C13H21N3O4S. The van der Waals surface area contributed by atoms with Gasteiger partial charge in [0, 0.05) is 26.2 Å². The summed E-state index contributed by atoms with van der Waals surface area (Å²) in [6, 6.07) is 3.95. The number of nitro groups is 1. The molecule has 8 heteroatoms. The van der Waals surface area contributed by atoms with Gasteiger partial charge in [0.05, 0.1) is 9.82 Å². The Labute approximate surface area is 125 Å². The van der Waals surface area contributed by atoms with Gasteiger partial charge in [0.2, 0.25) is 10.0 Å². The van der Waals surface area contributed by atoms with Crippen LogP contribution in [0.15, 0.2) is 23.1 Å². The highest BCUT2D eigenvalue weighted by Crippen LogP contribution is 2.28. The number of nitrogens with one attached hydrogen (secondary N) is 1. The Morgan fingerprint density at radius 3 is 2.48 bits per heavy atom. The van der Waals surface area contributed by atoms with Crippen molar-refractivity contribution >= 4 is 21.4 Å². The summed E-state index contributed by atoms with van der Waals surface area (Å²) in [5.74, 6) is 0. The average Bonchev–Trinajstić information content (AvgIpc) is 2.44. The van der Waals surface area contributed by atoms with Crippen molar-refractivity contribution < 1.29 is 13.3 Å². The lowest BCUT2D eigenvalue weighted by molar-refractivity contribution is -0.384. The van der Waals surface area contributed by atoms with Gasteiger partial charge in [-0.3, -0.25) is 10.1 Å². The van der Waals surface area contributed by atoms with Gasteiger partial charge in [0.15, 0.2) is 0 Å². The van der Waals surface area contributed by atoms with E-state index in [-0.39, 0.29) is 10.6 Å². The summed E-state index contributed by atoms with van der Waals surface area (Å²) >= 11 is 0. The molecule has 0 amide bonds. The molecule has 0 saturated heterocycles. The van der Waals surface area contributed by atoms with E-state index in [0.29, 0.717) is 25.2 Å². The van der Waals surface area contributed by atoms with E-state index in [1.54, 1.807) is 0 Å². The molecule has 7 nitrogen and oxygen atoms in total. The molecule has 1 rings (SSSR count). The normalized spacial score (nSPS) is 11.6. The third-order valence-electron chi connectivity index (χ3n) is 2.98. The van der Waals surface area contributed by atoms with E-state index in [1.807, 2.05) is 13.8 Å². The average molecular weight is 315 g/mol. The van der Waals surface area contributed by atoms with Crippen molar-refractivity contribution in [2.24, 2.45) is 0 Å². The van der Waals surface area contributed by atoms with Crippen molar-refractivity contribution in [2.75, 3.05) is 25.5 Å². The summed E-state index contributed by atoms with van der Waals surface area (Å²) in [5.41, 5.74) is 0.105. The van der Waals surface area contributed by atoms with Crippen LogP contribution in [0.3, 0.4) is 0 Å². The molecule has 1 N–H and O–H groups in total. The van der Waals surface area contributed by atoms with Gasteiger partial charge in [0.25, 0.3) is 5.69 Å².